The van der Waals surface area contributed by atoms with Gasteiger partial charge in [0, 0.05) is 42.4 Å². The molecule has 0 radical (unpaired) electrons. The molecule has 2 saturated carbocycles. The Morgan fingerprint density at radius 1 is 1.16 bits per heavy atom. The van der Waals surface area contributed by atoms with E-state index in [4.69, 9.17) is 19.4 Å². The van der Waals surface area contributed by atoms with Crippen molar-refractivity contribution in [2.75, 3.05) is 20.7 Å². The summed E-state index contributed by atoms with van der Waals surface area (Å²) in [6, 6.07) is 7.48. The number of rotatable bonds is 6. The van der Waals surface area contributed by atoms with Crippen LogP contribution in [0, 0.1) is 17.8 Å². The zero-order chi connectivity index (χ0) is 31.9. The summed E-state index contributed by atoms with van der Waals surface area (Å²) in [5.74, 6) is -1.62. The number of aliphatic carboxylic acids is 1. The highest BCUT2D eigenvalue weighted by Crippen LogP contribution is 2.47. The molecule has 0 bridgehead atoms. The molecular weight excluding hydrogens is 592 g/mol. The number of carbonyl (C=O) groups is 3. The van der Waals surface area contributed by atoms with Crippen molar-refractivity contribution in [1.29, 1.82) is 0 Å². The number of benzene rings is 1. The number of methoxy groups -OCH3 is 1. The van der Waals surface area contributed by atoms with E-state index in [9.17, 15) is 19.5 Å². The summed E-state index contributed by atoms with van der Waals surface area (Å²) >= 11 is 1.52. The van der Waals surface area contributed by atoms with Crippen molar-refractivity contribution in [3.8, 4) is 22.2 Å². The van der Waals surface area contributed by atoms with E-state index in [1.54, 1.807) is 19.1 Å². The lowest BCUT2D eigenvalue weighted by Gasteiger charge is -2.26. The third kappa shape index (κ3) is 6.14. The number of nitrogens with zero attached hydrogens (tertiary/aromatic N) is 3. The predicted octanol–water partition coefficient (Wildman–Crippen LogP) is 5.42. The maximum Gasteiger partial charge on any atom is 0.330 e. The van der Waals surface area contributed by atoms with E-state index in [1.807, 2.05) is 41.8 Å². The second kappa shape index (κ2) is 12.4. The maximum atomic E-state index is 13.8. The highest BCUT2D eigenvalue weighted by molar-refractivity contribution is 7.13. The monoisotopic (exact) mass is 632 g/mol. The number of carboxylic acid groups (broad SMARTS) is 1. The van der Waals surface area contributed by atoms with E-state index in [1.165, 1.54) is 11.3 Å². The Kier molecular flexibility index (Phi) is 8.56. The van der Waals surface area contributed by atoms with Crippen LogP contribution in [0.15, 0.2) is 41.8 Å². The molecular formula is C34H40N4O6S. The molecule has 5 unspecified atom stereocenters. The zero-order valence-corrected chi connectivity index (χ0v) is 26.9. The van der Waals surface area contributed by atoms with Crippen molar-refractivity contribution in [3.63, 3.8) is 0 Å². The van der Waals surface area contributed by atoms with Crippen LogP contribution in [0.4, 0.5) is 0 Å². The Morgan fingerprint density at radius 3 is 2.69 bits per heavy atom. The average molecular weight is 633 g/mol. The third-order valence-corrected chi connectivity index (χ3v) is 10.3. The lowest BCUT2D eigenvalue weighted by molar-refractivity contribution is -0.145. The Bertz CT molecular complexity index is 1650. The van der Waals surface area contributed by atoms with Gasteiger partial charge in [0.15, 0.2) is 0 Å². The summed E-state index contributed by atoms with van der Waals surface area (Å²) in [7, 11) is 3.38. The van der Waals surface area contributed by atoms with Crippen molar-refractivity contribution in [2.45, 2.75) is 69.9 Å². The van der Waals surface area contributed by atoms with E-state index in [0.717, 1.165) is 35.4 Å². The van der Waals surface area contributed by atoms with Crippen molar-refractivity contribution < 1.29 is 29.0 Å². The Hall–Kier alpha value is -3.99. The van der Waals surface area contributed by atoms with Gasteiger partial charge in [-0.25, -0.2) is 14.8 Å². The van der Waals surface area contributed by atoms with Crippen LogP contribution in [-0.4, -0.2) is 70.1 Å². The normalized spacial score (nSPS) is 27.8. The second-order valence-corrected chi connectivity index (χ2v) is 13.7. The maximum absolute atomic E-state index is 13.8. The predicted molar refractivity (Wildman–Crippen MR) is 171 cm³/mol. The van der Waals surface area contributed by atoms with Crippen molar-refractivity contribution in [1.82, 2.24) is 20.2 Å². The first-order valence-corrected chi connectivity index (χ1v) is 16.6. The first-order chi connectivity index (χ1) is 21.6. The molecule has 5 atom stereocenters. The summed E-state index contributed by atoms with van der Waals surface area (Å²) < 4.78 is 12.1. The number of carbonyl (C=O) groups excluding carboxylic acids is 2. The molecule has 3 aliphatic rings. The van der Waals surface area contributed by atoms with E-state index in [-0.39, 0.29) is 24.2 Å². The quantitative estimate of drug-likeness (QED) is 0.345. The molecule has 3 heterocycles. The number of carboxylic acids is 1. The average Bonchev–Trinajstić information content (AvgIpc) is 3.33. The van der Waals surface area contributed by atoms with E-state index < -0.39 is 35.4 Å². The first kappa shape index (κ1) is 31.0. The van der Waals surface area contributed by atoms with Crippen LogP contribution in [0.3, 0.4) is 0 Å². The molecule has 2 fully saturated rings. The molecule has 0 spiro atoms. The molecule has 45 heavy (non-hydrogen) atoms. The lowest BCUT2D eigenvalue weighted by Crippen LogP contribution is -2.49. The van der Waals surface area contributed by atoms with Gasteiger partial charge in [0.1, 0.15) is 33.8 Å². The minimum atomic E-state index is -1.33. The van der Waals surface area contributed by atoms with Gasteiger partial charge in [0.2, 0.25) is 11.8 Å². The highest BCUT2D eigenvalue weighted by Gasteiger charge is 2.61. The number of pyridine rings is 1. The number of hydrogen-bond acceptors (Lipinski definition) is 8. The fourth-order valence-corrected chi connectivity index (χ4v) is 7.49. The van der Waals surface area contributed by atoms with Gasteiger partial charge in [-0.2, -0.15) is 0 Å². The molecule has 238 valence electrons. The van der Waals surface area contributed by atoms with Crippen LogP contribution in [-0.2, 0) is 14.4 Å². The number of amides is 2. The van der Waals surface area contributed by atoms with Crippen LogP contribution in [0.5, 0.6) is 11.5 Å². The number of nitrogens with one attached hydrogen (secondary N) is 1. The molecule has 6 rings (SSSR count). The summed E-state index contributed by atoms with van der Waals surface area (Å²) in [4.78, 5) is 51.2. The minimum Gasteiger partial charge on any atom is -0.497 e. The standard InChI is InChI=1S/C34H40N4O6S/c1-19(2)28-18-45-31(36-28)27-16-29(23-11-10-21(43-4)15-26(23)35-27)44-22-13-24-25(14-22)32(40)38(3)12-8-6-5-7-9-20-17-34(20,33(41)42)37-30(24)39/h7,9-11,15-16,18-20,22,24-25H,5-6,8,12-14,17H2,1-4H3,(H,37,39)(H,41,42)/b9-7+. The van der Waals surface area contributed by atoms with Gasteiger partial charge in [-0.1, -0.05) is 26.0 Å². The number of allylic oxidation sites excluding steroid dienone is 1. The van der Waals surface area contributed by atoms with Crippen LogP contribution in [0.2, 0.25) is 0 Å². The Balaban J connectivity index is 1.33. The first-order valence-electron chi connectivity index (χ1n) is 15.7. The summed E-state index contributed by atoms with van der Waals surface area (Å²) in [5.41, 5.74) is 1.02. The Labute approximate surface area is 266 Å². The fraction of sp³-hybridized carbons (Fsp3) is 0.500. The second-order valence-electron chi connectivity index (χ2n) is 12.8. The van der Waals surface area contributed by atoms with Crippen LogP contribution < -0.4 is 14.8 Å². The molecule has 11 heteroatoms. The zero-order valence-electron chi connectivity index (χ0n) is 26.1. The third-order valence-electron chi connectivity index (χ3n) is 9.38. The highest BCUT2D eigenvalue weighted by atomic mass is 32.1. The van der Waals surface area contributed by atoms with Gasteiger partial charge in [0.25, 0.3) is 0 Å². The number of fused-ring (bicyclic) bond motifs is 3. The van der Waals surface area contributed by atoms with Crippen molar-refractivity contribution >= 4 is 40.0 Å². The lowest BCUT2D eigenvalue weighted by atomic mass is 9.93. The van der Waals surface area contributed by atoms with Crippen molar-refractivity contribution in [3.05, 3.63) is 47.5 Å². The molecule has 3 aromatic rings. The fourth-order valence-electron chi connectivity index (χ4n) is 6.55. The van der Waals surface area contributed by atoms with Crippen molar-refractivity contribution in [2.24, 2.45) is 17.8 Å². The Morgan fingerprint density at radius 2 is 1.96 bits per heavy atom. The molecule has 2 N–H and O–H groups in total. The smallest absolute Gasteiger partial charge is 0.330 e. The van der Waals surface area contributed by atoms with Gasteiger partial charge in [0.05, 0.1) is 30.2 Å². The molecule has 10 nitrogen and oxygen atoms in total. The van der Waals surface area contributed by atoms with Gasteiger partial charge < -0.3 is 24.8 Å². The van der Waals surface area contributed by atoms with E-state index in [2.05, 4.69) is 19.2 Å². The van der Waals surface area contributed by atoms with Gasteiger partial charge in [-0.05, 0) is 56.6 Å². The van der Waals surface area contributed by atoms with E-state index >= 15 is 0 Å². The molecule has 1 aromatic carbocycles. The number of thiazole rings is 1. The minimum absolute atomic E-state index is 0.111. The largest absolute Gasteiger partial charge is 0.497 e. The number of aromatic nitrogens is 2. The summed E-state index contributed by atoms with van der Waals surface area (Å²) in [5, 5.41) is 16.5. The van der Waals surface area contributed by atoms with Gasteiger partial charge in [-0.3, -0.25) is 9.59 Å². The molecule has 2 amide bonds. The summed E-state index contributed by atoms with van der Waals surface area (Å²) in [6.07, 6.45) is 6.97. The van der Waals surface area contributed by atoms with Gasteiger partial charge >= 0.3 is 5.97 Å². The summed E-state index contributed by atoms with van der Waals surface area (Å²) in [6.45, 7) is 4.79. The van der Waals surface area contributed by atoms with Crippen LogP contribution >= 0.6 is 11.3 Å². The molecule has 2 aromatic heterocycles. The number of hydrogen-bond donors (Lipinski definition) is 2. The number of ether oxygens (including phenoxy) is 2. The van der Waals surface area contributed by atoms with Crippen LogP contribution in [0.1, 0.15) is 64.0 Å². The molecule has 0 saturated heterocycles. The molecule has 1 aliphatic heterocycles. The van der Waals surface area contributed by atoms with E-state index in [0.29, 0.717) is 42.1 Å². The topological polar surface area (TPSA) is 131 Å². The van der Waals surface area contributed by atoms with Crippen LogP contribution in [0.25, 0.3) is 21.6 Å². The van der Waals surface area contributed by atoms with Gasteiger partial charge in [-0.15, -0.1) is 11.3 Å². The SMILES string of the molecule is COc1ccc2c(OC3CC4C(=O)NC5(C(=O)O)CC5/C=C/CCCCN(C)C(=O)C4C3)cc(-c3nc(C(C)C)cs3)nc2c1. The molecule has 2 aliphatic carbocycles.